The van der Waals surface area contributed by atoms with Crippen LogP contribution in [0.25, 0.3) is 10.8 Å². The van der Waals surface area contributed by atoms with Crippen molar-refractivity contribution in [2.45, 2.75) is 26.2 Å². The molecular formula is C23H27N3O4S2. The Hall–Kier alpha value is -2.91. The molecule has 0 unspecified atom stereocenters. The summed E-state index contributed by atoms with van der Waals surface area (Å²) in [6, 6.07) is 14.6. The Morgan fingerprint density at radius 3 is 2.38 bits per heavy atom. The number of rotatable bonds is 6. The average Bonchev–Trinajstić information content (AvgIpc) is 3.11. The zero-order chi connectivity index (χ0) is 23.5. The molecule has 3 N–H and O–H groups in total. The fourth-order valence-corrected chi connectivity index (χ4v) is 4.64. The van der Waals surface area contributed by atoms with Crippen molar-refractivity contribution in [1.82, 2.24) is 5.32 Å². The Morgan fingerprint density at radius 1 is 1.00 bits per heavy atom. The molecule has 3 amide bonds. The number of sulfone groups is 1. The number of carbonyl (C=O) groups is 2. The molecule has 0 saturated heterocycles. The minimum Gasteiger partial charge on any atom is -0.351 e. The molecule has 1 aromatic heterocycles. The largest absolute Gasteiger partial charge is 0.351 e. The third kappa shape index (κ3) is 6.08. The number of amides is 3. The number of carbonyl (C=O) groups excluding carboxylic acids is 2. The first kappa shape index (κ1) is 23.7. The molecule has 32 heavy (non-hydrogen) atoms. The van der Waals surface area contributed by atoms with Crippen LogP contribution in [0.15, 0.2) is 48.5 Å². The third-order valence-corrected chi connectivity index (χ3v) is 7.16. The van der Waals surface area contributed by atoms with Crippen LogP contribution in [0.5, 0.6) is 0 Å². The molecule has 0 aliphatic carbocycles. The zero-order valence-corrected chi connectivity index (χ0v) is 20.1. The van der Waals surface area contributed by atoms with Crippen LogP contribution in [0.1, 0.15) is 36.0 Å². The van der Waals surface area contributed by atoms with E-state index in [1.165, 1.54) is 11.3 Å². The van der Waals surface area contributed by atoms with Crippen molar-refractivity contribution in [2.75, 3.05) is 29.2 Å². The molecule has 0 fully saturated rings. The molecule has 9 heteroatoms. The molecule has 0 aliphatic rings. The Morgan fingerprint density at radius 2 is 1.69 bits per heavy atom. The van der Waals surface area contributed by atoms with Gasteiger partial charge in [0.1, 0.15) is 14.8 Å². The molecule has 1 heterocycles. The lowest BCUT2D eigenvalue weighted by Gasteiger charge is -2.15. The van der Waals surface area contributed by atoms with Gasteiger partial charge >= 0.3 is 6.03 Å². The molecule has 3 rings (SSSR count). The lowest BCUT2D eigenvalue weighted by atomic mass is 9.94. The molecule has 7 nitrogen and oxygen atoms in total. The summed E-state index contributed by atoms with van der Waals surface area (Å²) >= 11 is 1.33. The van der Waals surface area contributed by atoms with Crippen molar-refractivity contribution < 1.29 is 18.0 Å². The minimum atomic E-state index is -3.19. The fraction of sp³-hybridized carbons (Fsp3) is 0.304. The van der Waals surface area contributed by atoms with Crippen LogP contribution in [0.2, 0.25) is 0 Å². The monoisotopic (exact) mass is 473 g/mol. The number of benzene rings is 2. The molecule has 170 valence electrons. The van der Waals surface area contributed by atoms with E-state index in [2.05, 4.69) is 16.0 Å². The molecule has 0 radical (unpaired) electrons. The Kier molecular flexibility index (Phi) is 6.90. The summed E-state index contributed by atoms with van der Waals surface area (Å²) in [4.78, 5) is 26.4. The van der Waals surface area contributed by atoms with E-state index in [1.54, 1.807) is 6.07 Å². The zero-order valence-electron chi connectivity index (χ0n) is 18.5. The van der Waals surface area contributed by atoms with Gasteiger partial charge in [-0.05, 0) is 22.9 Å². The van der Waals surface area contributed by atoms with Crippen molar-refractivity contribution in [3.8, 4) is 0 Å². The highest BCUT2D eigenvalue weighted by atomic mass is 32.2. The van der Waals surface area contributed by atoms with Gasteiger partial charge in [-0.1, -0.05) is 57.2 Å². The number of thiophene rings is 1. The predicted octanol–water partition coefficient (Wildman–Crippen LogP) is 4.62. The third-order valence-electron chi connectivity index (χ3n) is 4.74. The van der Waals surface area contributed by atoms with Crippen molar-refractivity contribution >= 4 is 54.6 Å². The summed E-state index contributed by atoms with van der Waals surface area (Å²) in [5, 5.41) is 10.6. The van der Waals surface area contributed by atoms with Gasteiger partial charge in [-0.15, -0.1) is 11.3 Å². The summed E-state index contributed by atoms with van der Waals surface area (Å²) in [5.74, 6) is -0.583. The van der Waals surface area contributed by atoms with E-state index in [0.29, 0.717) is 16.3 Å². The molecule has 0 spiro atoms. The maximum Gasteiger partial charge on any atom is 0.324 e. The van der Waals surface area contributed by atoms with Gasteiger partial charge < -0.3 is 10.6 Å². The van der Waals surface area contributed by atoms with Gasteiger partial charge in [-0.2, -0.15) is 0 Å². The van der Waals surface area contributed by atoms with Crippen molar-refractivity contribution in [2.24, 2.45) is 0 Å². The maximum atomic E-state index is 12.8. The standard InChI is InChI=1S/C23H27N3O4S2/c1-23(2,3)19-14-17(20(27)24-12-13-32(4,29)30)21(31-19)26-22(28)25-18-11-7-9-15-8-5-6-10-16(15)18/h5-11,14H,12-13H2,1-4H3,(H,24,27)(H2,25,26,28). The summed E-state index contributed by atoms with van der Waals surface area (Å²) in [6.45, 7) is 6.05. The van der Waals surface area contributed by atoms with Gasteiger partial charge in [0.05, 0.1) is 17.0 Å². The number of anilines is 2. The number of hydrogen-bond acceptors (Lipinski definition) is 5. The van der Waals surface area contributed by atoms with Gasteiger partial charge in [0.15, 0.2) is 0 Å². The van der Waals surface area contributed by atoms with Crippen LogP contribution < -0.4 is 16.0 Å². The molecule has 0 bridgehead atoms. The van der Waals surface area contributed by atoms with E-state index < -0.39 is 21.8 Å². The maximum absolute atomic E-state index is 12.8. The van der Waals surface area contributed by atoms with Crippen LogP contribution >= 0.6 is 11.3 Å². The highest BCUT2D eigenvalue weighted by Gasteiger charge is 2.24. The Bertz CT molecular complexity index is 1250. The fourth-order valence-electron chi connectivity index (χ4n) is 3.06. The van der Waals surface area contributed by atoms with E-state index in [0.717, 1.165) is 21.9 Å². The second-order valence-corrected chi connectivity index (χ2v) is 11.9. The van der Waals surface area contributed by atoms with E-state index in [4.69, 9.17) is 0 Å². The first-order chi connectivity index (χ1) is 14.9. The van der Waals surface area contributed by atoms with Gasteiger partial charge in [0, 0.05) is 23.1 Å². The lowest BCUT2D eigenvalue weighted by molar-refractivity contribution is 0.0957. The molecule has 2 aromatic carbocycles. The minimum absolute atomic E-state index is 0.00000558. The summed E-state index contributed by atoms with van der Waals surface area (Å²) in [7, 11) is -3.19. The number of fused-ring (bicyclic) bond motifs is 1. The van der Waals surface area contributed by atoms with Crippen LogP contribution in [0.3, 0.4) is 0 Å². The topological polar surface area (TPSA) is 104 Å². The number of hydrogen-bond donors (Lipinski definition) is 3. The molecule has 0 atom stereocenters. The van der Waals surface area contributed by atoms with Crippen molar-refractivity contribution in [3.63, 3.8) is 0 Å². The first-order valence-corrected chi connectivity index (χ1v) is 13.0. The smallest absolute Gasteiger partial charge is 0.324 e. The highest BCUT2D eigenvalue weighted by Crippen LogP contribution is 2.36. The molecular weight excluding hydrogens is 446 g/mol. The van der Waals surface area contributed by atoms with Crippen LogP contribution in [-0.2, 0) is 15.3 Å². The number of nitrogens with one attached hydrogen (secondary N) is 3. The van der Waals surface area contributed by atoms with Gasteiger partial charge in [0.25, 0.3) is 5.91 Å². The summed E-state index contributed by atoms with van der Waals surface area (Å²) in [5.41, 5.74) is 0.743. The Labute approximate surface area is 192 Å². The number of urea groups is 1. The average molecular weight is 474 g/mol. The van der Waals surface area contributed by atoms with E-state index in [1.807, 2.05) is 63.2 Å². The van der Waals surface area contributed by atoms with Gasteiger partial charge in [-0.25, -0.2) is 13.2 Å². The Balaban J connectivity index is 1.81. The van der Waals surface area contributed by atoms with Gasteiger partial charge in [0.2, 0.25) is 0 Å². The molecule has 0 saturated carbocycles. The van der Waals surface area contributed by atoms with Crippen molar-refractivity contribution in [1.29, 1.82) is 0 Å². The van der Waals surface area contributed by atoms with E-state index >= 15 is 0 Å². The molecule has 0 aliphatic heterocycles. The van der Waals surface area contributed by atoms with Gasteiger partial charge in [-0.3, -0.25) is 10.1 Å². The summed E-state index contributed by atoms with van der Waals surface area (Å²) in [6.07, 6.45) is 1.12. The SMILES string of the molecule is CC(C)(C)c1cc(C(=O)NCCS(C)(=O)=O)c(NC(=O)Nc2cccc3ccccc23)s1. The van der Waals surface area contributed by atoms with Crippen LogP contribution in [-0.4, -0.2) is 38.9 Å². The van der Waals surface area contributed by atoms with Crippen LogP contribution in [0.4, 0.5) is 15.5 Å². The van der Waals surface area contributed by atoms with Crippen molar-refractivity contribution in [3.05, 3.63) is 59.0 Å². The van der Waals surface area contributed by atoms with E-state index in [-0.39, 0.29) is 17.7 Å². The quantitative estimate of drug-likeness (QED) is 0.486. The second kappa shape index (κ2) is 9.30. The second-order valence-electron chi connectivity index (χ2n) is 8.60. The normalized spacial score (nSPS) is 11.9. The predicted molar refractivity (Wildman–Crippen MR) is 132 cm³/mol. The molecule has 3 aromatic rings. The van der Waals surface area contributed by atoms with E-state index in [9.17, 15) is 18.0 Å². The highest BCUT2D eigenvalue weighted by molar-refractivity contribution is 7.90. The van der Waals surface area contributed by atoms with Crippen LogP contribution in [0, 0.1) is 0 Å². The summed E-state index contributed by atoms with van der Waals surface area (Å²) < 4.78 is 22.7. The lowest BCUT2D eigenvalue weighted by Crippen LogP contribution is -2.29. The first-order valence-electron chi connectivity index (χ1n) is 10.1.